The van der Waals surface area contributed by atoms with Gasteiger partial charge in [-0.15, -0.1) is 0 Å². The minimum absolute atomic E-state index is 0.0524. The first-order chi connectivity index (χ1) is 15.9. The zero-order chi connectivity index (χ0) is 25.1. The third-order valence-corrected chi connectivity index (χ3v) is 9.43. The summed E-state index contributed by atoms with van der Waals surface area (Å²) in [6.07, 6.45) is 3.20. The van der Waals surface area contributed by atoms with Crippen LogP contribution in [0.15, 0.2) is 23.8 Å². The summed E-state index contributed by atoms with van der Waals surface area (Å²) in [7, 11) is 0. The van der Waals surface area contributed by atoms with Crippen LogP contribution in [-0.4, -0.2) is 47.2 Å². The van der Waals surface area contributed by atoms with E-state index >= 15 is 8.78 Å². The van der Waals surface area contributed by atoms with Crippen LogP contribution >= 0.6 is 0 Å². The van der Waals surface area contributed by atoms with Crippen LogP contribution in [0.25, 0.3) is 0 Å². The summed E-state index contributed by atoms with van der Waals surface area (Å²) in [5.74, 6) is -2.75. The van der Waals surface area contributed by atoms with Crippen molar-refractivity contribution in [2.24, 2.45) is 34.5 Å². The molecule has 0 radical (unpaired) electrons. The largest absolute Gasteiger partial charge is 0.458 e. The summed E-state index contributed by atoms with van der Waals surface area (Å²) >= 11 is 0. The summed E-state index contributed by atoms with van der Waals surface area (Å²) in [4.78, 5) is 37.1. The lowest BCUT2D eigenvalue weighted by atomic mass is 9.45. The molecule has 34 heavy (non-hydrogen) atoms. The van der Waals surface area contributed by atoms with Crippen molar-refractivity contribution in [3.8, 4) is 0 Å². The number of alkyl halides is 2. The number of halogens is 2. The van der Waals surface area contributed by atoms with E-state index < -0.39 is 46.6 Å². The molecule has 0 bridgehead atoms. The molecule has 4 aliphatic rings. The molecule has 2 unspecified atom stereocenters. The number of carbonyl (C=O) groups excluding carboxylic acids is 3. The topological polar surface area (TPSA) is 80.7 Å². The van der Waals surface area contributed by atoms with Crippen molar-refractivity contribution < 1.29 is 33.0 Å². The van der Waals surface area contributed by atoms with Crippen molar-refractivity contribution in [1.82, 2.24) is 0 Å². The minimum atomic E-state index is -2.15. The normalized spacial score (nSPS) is 45.1. The molecule has 3 fully saturated rings. The highest BCUT2D eigenvalue weighted by atomic mass is 19.1. The quantitative estimate of drug-likeness (QED) is 0.570. The Labute approximate surface area is 200 Å². The maximum absolute atomic E-state index is 17.1. The van der Waals surface area contributed by atoms with Crippen LogP contribution in [0.3, 0.4) is 0 Å². The van der Waals surface area contributed by atoms with Crippen LogP contribution in [0, 0.1) is 34.5 Å². The van der Waals surface area contributed by atoms with E-state index in [0.29, 0.717) is 12.8 Å². The summed E-state index contributed by atoms with van der Waals surface area (Å²) in [5.41, 5.74) is -4.21. The van der Waals surface area contributed by atoms with Gasteiger partial charge in [-0.25, -0.2) is 8.78 Å². The smallest absolute Gasteiger partial charge is 0.306 e. The zero-order valence-electron chi connectivity index (χ0n) is 20.5. The number of unbranched alkanes of at least 4 members (excludes halogenated alkanes) is 1. The van der Waals surface area contributed by atoms with Gasteiger partial charge in [-0.05, 0) is 67.6 Å². The highest BCUT2D eigenvalue weighted by Gasteiger charge is 2.73. The molecule has 0 saturated heterocycles. The first-order valence-electron chi connectivity index (χ1n) is 12.5. The third kappa shape index (κ3) is 3.52. The lowest BCUT2D eigenvalue weighted by Gasteiger charge is -2.62. The lowest BCUT2D eigenvalue weighted by molar-refractivity contribution is -0.202. The number of aliphatic hydroxyl groups is 1. The van der Waals surface area contributed by atoms with Gasteiger partial charge in [-0.3, -0.25) is 14.4 Å². The standard InChI is InChI=1S/C27H36F2O5/c1-5-6-7-23(33)34-14-21(31)24-15(2)10-17-18-12-20(28)19-11-16(30)8-9-26(19,4)27(18,29)22(32)13-25(17,24)3/h8-9,11,15,17-18,20,22,24,32H,5-7,10,12-14H2,1-4H3/t15-,17?,18?,20+,22+,24-,25+,26+,27+/m1/s1. The molecule has 3 saturated carbocycles. The minimum Gasteiger partial charge on any atom is -0.458 e. The number of rotatable bonds is 6. The molecule has 0 aromatic rings. The van der Waals surface area contributed by atoms with Gasteiger partial charge in [-0.2, -0.15) is 0 Å². The van der Waals surface area contributed by atoms with Crippen LogP contribution in [0.2, 0.25) is 0 Å². The Bertz CT molecular complexity index is 943. The Balaban J connectivity index is 1.63. The second-order valence-corrected chi connectivity index (χ2v) is 11.4. The van der Waals surface area contributed by atoms with E-state index in [1.54, 1.807) is 6.92 Å². The average molecular weight is 479 g/mol. The zero-order valence-corrected chi connectivity index (χ0v) is 20.5. The molecule has 7 heteroatoms. The van der Waals surface area contributed by atoms with Crippen LogP contribution in [0.1, 0.15) is 66.2 Å². The van der Waals surface area contributed by atoms with Crippen molar-refractivity contribution in [3.63, 3.8) is 0 Å². The number of Topliss-reactive ketones (excluding diaryl/α,β-unsaturated/α-hetero) is 1. The number of hydrogen-bond acceptors (Lipinski definition) is 5. The molecule has 0 heterocycles. The Hall–Kier alpha value is -1.89. The fourth-order valence-electron chi connectivity index (χ4n) is 7.89. The average Bonchev–Trinajstić information content (AvgIpc) is 3.03. The molecule has 0 spiro atoms. The Morgan fingerprint density at radius 1 is 1.24 bits per heavy atom. The second kappa shape index (κ2) is 8.65. The third-order valence-electron chi connectivity index (χ3n) is 9.43. The summed E-state index contributed by atoms with van der Waals surface area (Å²) in [6, 6.07) is 0. The number of fused-ring (bicyclic) bond motifs is 5. The number of hydrogen-bond donors (Lipinski definition) is 1. The maximum atomic E-state index is 17.1. The van der Waals surface area contributed by atoms with E-state index in [1.807, 2.05) is 20.8 Å². The van der Waals surface area contributed by atoms with Crippen molar-refractivity contribution in [1.29, 1.82) is 0 Å². The van der Waals surface area contributed by atoms with Crippen LogP contribution in [0.4, 0.5) is 8.78 Å². The van der Waals surface area contributed by atoms with Gasteiger partial charge in [-0.1, -0.05) is 33.3 Å². The predicted octanol–water partition coefficient (Wildman–Crippen LogP) is 4.47. The number of carbonyl (C=O) groups is 3. The summed E-state index contributed by atoms with van der Waals surface area (Å²) in [6.45, 7) is 7.03. The molecule has 1 N–H and O–H groups in total. The van der Waals surface area contributed by atoms with Crippen molar-refractivity contribution in [2.45, 2.75) is 84.2 Å². The van der Waals surface area contributed by atoms with Gasteiger partial charge in [0.05, 0.1) is 6.10 Å². The van der Waals surface area contributed by atoms with Gasteiger partial charge in [0.15, 0.2) is 17.2 Å². The molecule has 0 aliphatic heterocycles. The second-order valence-electron chi connectivity index (χ2n) is 11.4. The van der Waals surface area contributed by atoms with E-state index in [0.717, 1.165) is 6.42 Å². The summed E-state index contributed by atoms with van der Waals surface area (Å²) in [5, 5.41) is 11.3. The van der Waals surface area contributed by atoms with E-state index in [9.17, 15) is 19.5 Å². The molecule has 0 amide bonds. The van der Waals surface area contributed by atoms with Crippen LogP contribution in [-0.2, 0) is 19.1 Å². The lowest BCUT2D eigenvalue weighted by Crippen LogP contribution is -2.68. The van der Waals surface area contributed by atoms with Gasteiger partial charge >= 0.3 is 5.97 Å². The maximum Gasteiger partial charge on any atom is 0.306 e. The predicted molar refractivity (Wildman–Crippen MR) is 122 cm³/mol. The SMILES string of the molecule is CCCCC(=O)OCC(=O)[C@H]1[C@H](C)CC2C3C[C@H](F)C4=CC(=O)C=C[C@]4(C)[C@@]3(F)[C@@H](O)C[C@@]21C. The van der Waals surface area contributed by atoms with E-state index in [2.05, 4.69) is 0 Å². The fourth-order valence-corrected chi connectivity index (χ4v) is 7.89. The first-order valence-corrected chi connectivity index (χ1v) is 12.5. The van der Waals surface area contributed by atoms with Crippen LogP contribution in [0.5, 0.6) is 0 Å². The van der Waals surface area contributed by atoms with Crippen molar-refractivity contribution in [2.75, 3.05) is 6.61 Å². The first kappa shape index (κ1) is 25.2. The molecular formula is C27H36F2O5. The van der Waals surface area contributed by atoms with Gasteiger partial charge in [0.2, 0.25) is 0 Å². The number of aliphatic hydroxyl groups excluding tert-OH is 1. The number of esters is 1. The van der Waals surface area contributed by atoms with E-state index in [4.69, 9.17) is 4.74 Å². The Morgan fingerprint density at radius 3 is 2.62 bits per heavy atom. The Kier molecular flexibility index (Phi) is 6.41. The molecule has 5 nitrogen and oxygen atoms in total. The van der Waals surface area contributed by atoms with Crippen molar-refractivity contribution >= 4 is 17.5 Å². The van der Waals surface area contributed by atoms with Gasteiger partial charge < -0.3 is 9.84 Å². The highest BCUT2D eigenvalue weighted by Crippen LogP contribution is 2.70. The molecule has 0 aromatic heterocycles. The fraction of sp³-hybridized carbons (Fsp3) is 0.741. The Morgan fingerprint density at radius 2 is 1.94 bits per heavy atom. The molecule has 0 aromatic carbocycles. The molecule has 9 atom stereocenters. The molecule has 188 valence electrons. The monoisotopic (exact) mass is 478 g/mol. The molecule has 4 aliphatic carbocycles. The number of ketones is 2. The van der Waals surface area contributed by atoms with Gasteiger partial charge in [0.25, 0.3) is 0 Å². The van der Waals surface area contributed by atoms with Crippen molar-refractivity contribution in [3.05, 3.63) is 23.8 Å². The number of allylic oxidation sites excluding steroid dienone is 4. The molecule has 4 rings (SSSR count). The van der Waals surface area contributed by atoms with E-state index in [-0.39, 0.29) is 54.8 Å². The molecular weight excluding hydrogens is 442 g/mol. The van der Waals surface area contributed by atoms with Gasteiger partial charge in [0, 0.05) is 23.7 Å². The van der Waals surface area contributed by atoms with Crippen LogP contribution < -0.4 is 0 Å². The van der Waals surface area contributed by atoms with E-state index in [1.165, 1.54) is 18.2 Å². The summed E-state index contributed by atoms with van der Waals surface area (Å²) < 4.78 is 37.7. The van der Waals surface area contributed by atoms with Gasteiger partial charge in [0.1, 0.15) is 12.8 Å². The number of ether oxygens (including phenoxy) is 1. The highest BCUT2D eigenvalue weighted by molar-refractivity contribution is 6.01.